The number of likely N-dealkylation sites (tertiary alicyclic amines) is 1. The third-order valence-electron chi connectivity index (χ3n) is 3.48. The monoisotopic (exact) mass is 311 g/mol. The number of hydrogen-bond donors (Lipinski definition) is 2. The van der Waals surface area contributed by atoms with Gasteiger partial charge in [-0.15, -0.1) is 0 Å². The summed E-state index contributed by atoms with van der Waals surface area (Å²) in [5, 5.41) is 3.06. The van der Waals surface area contributed by atoms with Crippen LogP contribution in [0.15, 0.2) is 29.2 Å². The van der Waals surface area contributed by atoms with Crippen molar-refractivity contribution in [2.24, 2.45) is 0 Å². The van der Waals surface area contributed by atoms with Crippen LogP contribution in [0.4, 0.5) is 5.69 Å². The molecular formula is C14H21N3O3S. The molecule has 1 aliphatic heterocycles. The van der Waals surface area contributed by atoms with Crippen molar-refractivity contribution in [3.63, 3.8) is 0 Å². The molecule has 7 heteroatoms. The number of hydrogen-bond acceptors (Lipinski definition) is 4. The maximum atomic E-state index is 12.3. The first-order valence-electron chi connectivity index (χ1n) is 7.06. The molecule has 1 fully saturated rings. The highest BCUT2D eigenvalue weighted by Gasteiger charge is 2.30. The number of carbonyl (C=O) groups is 1. The van der Waals surface area contributed by atoms with Gasteiger partial charge < -0.3 is 10.2 Å². The number of benzene rings is 1. The average Bonchev–Trinajstić information content (AvgIpc) is 2.78. The van der Waals surface area contributed by atoms with Crippen molar-refractivity contribution < 1.29 is 13.2 Å². The first-order chi connectivity index (χ1) is 9.95. The summed E-state index contributed by atoms with van der Waals surface area (Å²) in [5.74, 6) is -0.0104. The van der Waals surface area contributed by atoms with Gasteiger partial charge in [0.05, 0.1) is 5.69 Å². The second-order valence-electron chi connectivity index (χ2n) is 5.14. The lowest BCUT2D eigenvalue weighted by Gasteiger charge is -2.17. The van der Waals surface area contributed by atoms with Crippen LogP contribution in [-0.2, 0) is 14.8 Å². The molecule has 0 bridgehead atoms. The zero-order chi connectivity index (χ0) is 15.5. The lowest BCUT2D eigenvalue weighted by atomic mass is 10.2. The topological polar surface area (TPSA) is 78.5 Å². The van der Waals surface area contributed by atoms with Crippen molar-refractivity contribution in [2.75, 3.05) is 25.5 Å². The molecule has 1 aliphatic rings. The third-order valence-corrected chi connectivity index (χ3v) is 5.00. The average molecular weight is 311 g/mol. The van der Waals surface area contributed by atoms with Gasteiger partial charge in [-0.3, -0.25) is 4.79 Å². The van der Waals surface area contributed by atoms with Gasteiger partial charge in [0.2, 0.25) is 15.9 Å². The molecule has 116 valence electrons. The van der Waals surface area contributed by atoms with E-state index in [1.807, 2.05) is 6.92 Å². The SMILES string of the molecule is CCCNS(=O)(=O)c1ccccc1NC1CCN(C)C1=O. The van der Waals surface area contributed by atoms with Crippen molar-refractivity contribution in [1.82, 2.24) is 9.62 Å². The van der Waals surface area contributed by atoms with Gasteiger partial charge in [-0.2, -0.15) is 0 Å². The van der Waals surface area contributed by atoms with Crippen LogP contribution in [0.1, 0.15) is 19.8 Å². The van der Waals surface area contributed by atoms with Gasteiger partial charge in [0.25, 0.3) is 0 Å². The van der Waals surface area contributed by atoms with Crippen LogP contribution in [0, 0.1) is 0 Å². The molecule has 1 atom stereocenters. The summed E-state index contributed by atoms with van der Waals surface area (Å²) in [6, 6.07) is 6.30. The lowest BCUT2D eigenvalue weighted by Crippen LogP contribution is -2.32. The van der Waals surface area contributed by atoms with Crippen molar-refractivity contribution in [1.29, 1.82) is 0 Å². The van der Waals surface area contributed by atoms with Crippen LogP contribution in [-0.4, -0.2) is 45.4 Å². The molecule has 1 unspecified atom stereocenters. The Kier molecular flexibility index (Phi) is 4.84. The molecule has 2 rings (SSSR count). The lowest BCUT2D eigenvalue weighted by molar-refractivity contribution is -0.127. The zero-order valence-corrected chi connectivity index (χ0v) is 13.1. The molecule has 0 spiro atoms. The number of amides is 1. The number of para-hydroxylation sites is 1. The van der Waals surface area contributed by atoms with Gasteiger partial charge >= 0.3 is 0 Å². The number of nitrogens with one attached hydrogen (secondary N) is 2. The third kappa shape index (κ3) is 3.54. The Bertz CT molecular complexity index is 616. The second kappa shape index (κ2) is 6.44. The highest BCUT2D eigenvalue weighted by molar-refractivity contribution is 7.89. The highest BCUT2D eigenvalue weighted by atomic mass is 32.2. The van der Waals surface area contributed by atoms with Crippen LogP contribution >= 0.6 is 0 Å². The normalized spacial score (nSPS) is 19.0. The fourth-order valence-electron chi connectivity index (χ4n) is 2.28. The van der Waals surface area contributed by atoms with Crippen molar-refractivity contribution >= 4 is 21.6 Å². The first-order valence-corrected chi connectivity index (χ1v) is 8.54. The summed E-state index contributed by atoms with van der Waals surface area (Å²) in [6.45, 7) is 2.97. The number of carbonyl (C=O) groups excluding carboxylic acids is 1. The number of anilines is 1. The summed E-state index contributed by atoms with van der Waals surface area (Å²) < 4.78 is 27.1. The van der Waals surface area contributed by atoms with Crippen LogP contribution in [0.2, 0.25) is 0 Å². The minimum absolute atomic E-state index is 0.0104. The predicted molar refractivity (Wildman–Crippen MR) is 81.6 cm³/mol. The maximum Gasteiger partial charge on any atom is 0.244 e. The van der Waals surface area contributed by atoms with Gasteiger partial charge in [-0.1, -0.05) is 19.1 Å². The number of nitrogens with zero attached hydrogens (tertiary/aromatic N) is 1. The minimum Gasteiger partial charge on any atom is -0.373 e. The summed E-state index contributed by atoms with van der Waals surface area (Å²) in [5.41, 5.74) is 0.467. The van der Waals surface area contributed by atoms with E-state index in [1.54, 1.807) is 36.2 Å². The molecule has 1 saturated heterocycles. The van der Waals surface area contributed by atoms with Crippen LogP contribution < -0.4 is 10.0 Å². The van der Waals surface area contributed by atoms with E-state index in [2.05, 4.69) is 10.0 Å². The van der Waals surface area contributed by atoms with E-state index >= 15 is 0 Å². The van der Waals surface area contributed by atoms with Crippen molar-refractivity contribution in [2.45, 2.75) is 30.7 Å². The summed E-state index contributed by atoms with van der Waals surface area (Å²) >= 11 is 0. The highest BCUT2D eigenvalue weighted by Crippen LogP contribution is 2.23. The standard InChI is InChI=1S/C14H21N3O3S/c1-3-9-15-21(19,20)13-7-5-4-6-11(13)16-12-8-10-17(2)14(12)18/h4-7,12,15-16H,3,8-10H2,1-2H3. The summed E-state index contributed by atoms with van der Waals surface area (Å²) in [4.78, 5) is 13.8. The zero-order valence-electron chi connectivity index (χ0n) is 12.3. The Hall–Kier alpha value is -1.60. The molecule has 0 aromatic heterocycles. The Morgan fingerprint density at radius 1 is 1.33 bits per heavy atom. The van der Waals surface area contributed by atoms with Gasteiger partial charge in [-0.25, -0.2) is 13.1 Å². The maximum absolute atomic E-state index is 12.3. The number of rotatable bonds is 6. The van der Waals surface area contributed by atoms with Gasteiger partial charge in [0.15, 0.2) is 0 Å². The van der Waals surface area contributed by atoms with E-state index < -0.39 is 10.0 Å². The molecule has 6 nitrogen and oxygen atoms in total. The summed E-state index contributed by atoms with van der Waals surface area (Å²) in [7, 11) is -1.82. The van der Waals surface area contributed by atoms with E-state index in [-0.39, 0.29) is 16.8 Å². The largest absolute Gasteiger partial charge is 0.373 e. The molecule has 1 aromatic rings. The number of sulfonamides is 1. The minimum atomic E-state index is -3.56. The van der Waals surface area contributed by atoms with Gasteiger partial charge in [0, 0.05) is 20.1 Å². The molecule has 0 saturated carbocycles. The van der Waals surface area contributed by atoms with Gasteiger partial charge in [0.1, 0.15) is 10.9 Å². The summed E-state index contributed by atoms with van der Waals surface area (Å²) in [6.07, 6.45) is 1.40. The molecule has 2 N–H and O–H groups in total. The quantitative estimate of drug-likeness (QED) is 0.822. The molecule has 1 aromatic carbocycles. The molecule has 0 radical (unpaired) electrons. The molecule has 0 aliphatic carbocycles. The van der Waals surface area contributed by atoms with Crippen molar-refractivity contribution in [3.8, 4) is 0 Å². The fraction of sp³-hybridized carbons (Fsp3) is 0.500. The molecule has 1 amide bonds. The fourth-order valence-corrected chi connectivity index (χ4v) is 3.58. The molecular weight excluding hydrogens is 290 g/mol. The Balaban J connectivity index is 2.23. The van der Waals surface area contributed by atoms with Crippen LogP contribution in [0.3, 0.4) is 0 Å². The second-order valence-corrected chi connectivity index (χ2v) is 6.87. The first kappa shape index (κ1) is 15.8. The Labute approximate surface area is 125 Å². The van der Waals surface area contributed by atoms with Crippen LogP contribution in [0.25, 0.3) is 0 Å². The van der Waals surface area contributed by atoms with E-state index in [1.165, 1.54) is 0 Å². The van der Waals surface area contributed by atoms with E-state index in [4.69, 9.17) is 0 Å². The predicted octanol–water partition coefficient (Wildman–Crippen LogP) is 1.02. The van der Waals surface area contributed by atoms with E-state index in [0.717, 1.165) is 6.42 Å². The smallest absolute Gasteiger partial charge is 0.244 e. The van der Waals surface area contributed by atoms with Crippen molar-refractivity contribution in [3.05, 3.63) is 24.3 Å². The van der Waals surface area contributed by atoms with E-state index in [0.29, 0.717) is 25.2 Å². The van der Waals surface area contributed by atoms with Crippen LogP contribution in [0.5, 0.6) is 0 Å². The molecule has 1 heterocycles. The number of likely N-dealkylation sites (N-methyl/N-ethyl adjacent to an activating group) is 1. The Morgan fingerprint density at radius 2 is 2.05 bits per heavy atom. The Morgan fingerprint density at radius 3 is 2.67 bits per heavy atom. The van der Waals surface area contributed by atoms with E-state index in [9.17, 15) is 13.2 Å². The van der Waals surface area contributed by atoms with Gasteiger partial charge in [-0.05, 0) is 25.0 Å². The molecule has 21 heavy (non-hydrogen) atoms.